The molecule has 0 radical (unpaired) electrons. The lowest BCUT2D eigenvalue weighted by Gasteiger charge is -2.42. The first kappa shape index (κ1) is 26.1. The van der Waals surface area contributed by atoms with Crippen molar-refractivity contribution in [2.24, 2.45) is 0 Å². The van der Waals surface area contributed by atoms with Gasteiger partial charge in [0.15, 0.2) is 5.78 Å². The van der Waals surface area contributed by atoms with Crippen LogP contribution in [0.2, 0.25) is 0 Å². The Balaban J connectivity index is 1.47. The van der Waals surface area contributed by atoms with Gasteiger partial charge in [0.25, 0.3) is 0 Å². The molecule has 0 amide bonds. The van der Waals surface area contributed by atoms with Gasteiger partial charge in [-0.05, 0) is 34.7 Å². The van der Waals surface area contributed by atoms with Gasteiger partial charge in [-0.1, -0.05) is 115 Å². The van der Waals surface area contributed by atoms with Crippen LogP contribution in [0.1, 0.15) is 40.2 Å². The standard InChI is InChI=1S/C34H34O4/c1-25-13-11-12-20-29(25)30-21-31(35)33(37-23-27-16-7-3-8-17-27)34(38-24-28-18-9-4-10-19-28)32(30)36-22-26-14-5-2-6-15-26/h2-20,30,32-34H,21-24H2,1H3/t30-,32-,33+,34+/m0/s1. The fourth-order valence-corrected chi connectivity index (χ4v) is 5.20. The lowest BCUT2D eigenvalue weighted by atomic mass is 9.76. The number of carbonyl (C=O) groups is 1. The van der Waals surface area contributed by atoms with E-state index in [2.05, 4.69) is 31.2 Å². The number of hydrogen-bond donors (Lipinski definition) is 0. The predicted octanol–water partition coefficient (Wildman–Crippen LogP) is 6.81. The third-order valence-corrected chi connectivity index (χ3v) is 7.19. The fourth-order valence-electron chi connectivity index (χ4n) is 5.20. The molecule has 0 unspecified atom stereocenters. The van der Waals surface area contributed by atoms with Crippen LogP contribution in [0.5, 0.6) is 0 Å². The van der Waals surface area contributed by atoms with E-state index in [4.69, 9.17) is 14.2 Å². The van der Waals surface area contributed by atoms with E-state index in [-0.39, 0.29) is 17.8 Å². The molecule has 4 nitrogen and oxygen atoms in total. The van der Waals surface area contributed by atoms with Crippen molar-refractivity contribution < 1.29 is 19.0 Å². The molecule has 38 heavy (non-hydrogen) atoms. The molecule has 4 aromatic carbocycles. The lowest BCUT2D eigenvalue weighted by Crippen LogP contribution is -2.54. The Kier molecular flexibility index (Phi) is 8.77. The van der Waals surface area contributed by atoms with Crippen LogP contribution < -0.4 is 0 Å². The van der Waals surface area contributed by atoms with Crippen LogP contribution in [-0.4, -0.2) is 24.1 Å². The molecule has 0 spiro atoms. The molecule has 1 saturated carbocycles. The Morgan fingerprint density at radius 1 is 0.579 bits per heavy atom. The normalized spacial score (nSPS) is 21.3. The molecule has 0 bridgehead atoms. The van der Waals surface area contributed by atoms with Crippen LogP contribution in [-0.2, 0) is 38.8 Å². The highest BCUT2D eigenvalue weighted by atomic mass is 16.6. The van der Waals surface area contributed by atoms with E-state index in [1.54, 1.807) is 0 Å². The molecular formula is C34H34O4. The molecule has 4 aromatic rings. The molecule has 5 rings (SSSR count). The van der Waals surface area contributed by atoms with Gasteiger partial charge in [0.2, 0.25) is 0 Å². The van der Waals surface area contributed by atoms with Gasteiger partial charge < -0.3 is 14.2 Å². The molecular weight excluding hydrogens is 472 g/mol. The molecule has 4 atom stereocenters. The van der Waals surface area contributed by atoms with Gasteiger partial charge in [0.05, 0.1) is 25.9 Å². The highest BCUT2D eigenvalue weighted by molar-refractivity contribution is 5.86. The number of ether oxygens (including phenoxy) is 3. The fraction of sp³-hybridized carbons (Fsp3) is 0.265. The van der Waals surface area contributed by atoms with Gasteiger partial charge in [0.1, 0.15) is 12.2 Å². The van der Waals surface area contributed by atoms with Gasteiger partial charge >= 0.3 is 0 Å². The number of ketones is 1. The number of benzene rings is 4. The van der Waals surface area contributed by atoms with E-state index < -0.39 is 12.2 Å². The summed E-state index contributed by atoms with van der Waals surface area (Å²) in [6, 6.07) is 38.4. The Bertz CT molecular complexity index is 1290. The minimum absolute atomic E-state index is 0.0480. The SMILES string of the molecule is Cc1ccccc1[C@@H]1CC(=O)[C@@H](OCc2ccccc2)[C@H](OCc2ccccc2)[C@H]1OCc1ccccc1. The molecule has 1 aliphatic carbocycles. The summed E-state index contributed by atoms with van der Waals surface area (Å²) in [7, 11) is 0. The number of rotatable bonds is 10. The van der Waals surface area contributed by atoms with Crippen molar-refractivity contribution in [3.63, 3.8) is 0 Å². The molecule has 1 fully saturated rings. The Morgan fingerprint density at radius 3 is 1.55 bits per heavy atom. The topological polar surface area (TPSA) is 44.8 Å². The smallest absolute Gasteiger partial charge is 0.165 e. The summed E-state index contributed by atoms with van der Waals surface area (Å²) in [6.07, 6.45) is -1.30. The van der Waals surface area contributed by atoms with E-state index in [1.165, 1.54) is 0 Å². The number of carbonyl (C=O) groups excluding carboxylic acids is 1. The van der Waals surface area contributed by atoms with Crippen molar-refractivity contribution in [3.8, 4) is 0 Å². The minimum atomic E-state index is -0.722. The van der Waals surface area contributed by atoms with Crippen LogP contribution in [0.3, 0.4) is 0 Å². The average Bonchev–Trinajstić information content (AvgIpc) is 2.96. The van der Waals surface area contributed by atoms with Gasteiger partial charge in [-0.3, -0.25) is 4.79 Å². The Morgan fingerprint density at radius 2 is 1.03 bits per heavy atom. The van der Waals surface area contributed by atoms with E-state index >= 15 is 0 Å². The summed E-state index contributed by atoms with van der Waals surface area (Å²) in [5.74, 6) is -0.0865. The average molecular weight is 507 g/mol. The van der Waals surface area contributed by atoms with Crippen LogP contribution >= 0.6 is 0 Å². The summed E-state index contributed by atoms with van der Waals surface area (Å²) < 4.78 is 19.6. The van der Waals surface area contributed by atoms with Crippen molar-refractivity contribution in [1.82, 2.24) is 0 Å². The maximum absolute atomic E-state index is 13.7. The summed E-state index contributed by atoms with van der Waals surface area (Å²) in [4.78, 5) is 13.7. The van der Waals surface area contributed by atoms with E-state index in [0.717, 1.165) is 27.8 Å². The van der Waals surface area contributed by atoms with Crippen LogP contribution in [0.4, 0.5) is 0 Å². The second kappa shape index (κ2) is 12.8. The lowest BCUT2D eigenvalue weighted by molar-refractivity contribution is -0.183. The first-order valence-corrected chi connectivity index (χ1v) is 13.2. The molecule has 1 aliphatic rings. The second-order valence-electron chi connectivity index (χ2n) is 9.87. The number of aryl methyl sites for hydroxylation is 1. The molecule has 0 heterocycles. The highest BCUT2D eigenvalue weighted by Crippen LogP contribution is 2.39. The van der Waals surface area contributed by atoms with E-state index in [1.807, 2.05) is 91.0 Å². The summed E-state index contributed by atoms with van der Waals surface area (Å²) in [5.41, 5.74) is 5.40. The third kappa shape index (κ3) is 6.46. The molecule has 0 saturated heterocycles. The second-order valence-corrected chi connectivity index (χ2v) is 9.87. The zero-order valence-corrected chi connectivity index (χ0v) is 21.7. The monoisotopic (exact) mass is 506 g/mol. The Labute approximate surface area is 225 Å². The maximum atomic E-state index is 13.7. The molecule has 4 heteroatoms. The zero-order chi connectivity index (χ0) is 26.2. The van der Waals surface area contributed by atoms with Gasteiger partial charge in [-0.2, -0.15) is 0 Å². The first-order valence-electron chi connectivity index (χ1n) is 13.2. The zero-order valence-electron chi connectivity index (χ0n) is 21.7. The summed E-state index contributed by atoms with van der Waals surface area (Å²) in [5, 5.41) is 0. The summed E-state index contributed by atoms with van der Waals surface area (Å²) in [6.45, 7) is 3.23. The van der Waals surface area contributed by atoms with E-state index in [9.17, 15) is 4.79 Å². The van der Waals surface area contributed by atoms with Crippen LogP contribution in [0, 0.1) is 6.92 Å². The van der Waals surface area contributed by atoms with Crippen molar-refractivity contribution in [2.75, 3.05) is 0 Å². The Hall–Kier alpha value is -3.57. The highest BCUT2D eigenvalue weighted by Gasteiger charge is 2.47. The maximum Gasteiger partial charge on any atom is 0.165 e. The van der Waals surface area contributed by atoms with Gasteiger partial charge in [-0.25, -0.2) is 0 Å². The van der Waals surface area contributed by atoms with Crippen LogP contribution in [0.25, 0.3) is 0 Å². The summed E-state index contributed by atoms with van der Waals surface area (Å²) >= 11 is 0. The van der Waals surface area contributed by atoms with Gasteiger partial charge in [-0.15, -0.1) is 0 Å². The molecule has 0 aliphatic heterocycles. The third-order valence-electron chi connectivity index (χ3n) is 7.19. The number of Topliss-reactive ketones (excluding diaryl/α,β-unsaturated/α-hetero) is 1. The van der Waals surface area contributed by atoms with Gasteiger partial charge in [0, 0.05) is 12.3 Å². The van der Waals surface area contributed by atoms with Crippen molar-refractivity contribution in [3.05, 3.63) is 143 Å². The van der Waals surface area contributed by atoms with Crippen molar-refractivity contribution >= 4 is 5.78 Å². The predicted molar refractivity (Wildman–Crippen MR) is 149 cm³/mol. The largest absolute Gasteiger partial charge is 0.370 e. The molecule has 0 aromatic heterocycles. The molecule has 194 valence electrons. The quantitative estimate of drug-likeness (QED) is 0.237. The van der Waals surface area contributed by atoms with Crippen LogP contribution in [0.15, 0.2) is 115 Å². The first-order chi connectivity index (χ1) is 18.7. The molecule has 0 N–H and O–H groups in total. The van der Waals surface area contributed by atoms with Crippen molar-refractivity contribution in [1.29, 1.82) is 0 Å². The number of hydrogen-bond acceptors (Lipinski definition) is 4. The minimum Gasteiger partial charge on any atom is -0.370 e. The van der Waals surface area contributed by atoms with Crippen molar-refractivity contribution in [2.45, 2.75) is 57.4 Å². The van der Waals surface area contributed by atoms with E-state index in [0.29, 0.717) is 26.2 Å².